The van der Waals surface area contributed by atoms with Gasteiger partial charge < -0.3 is 24.8 Å². The number of likely N-dealkylation sites (N-methyl/N-ethyl adjacent to an activating group) is 1. The zero-order chi connectivity index (χ0) is 15.5. The highest BCUT2D eigenvalue weighted by Crippen LogP contribution is 1.94. The summed E-state index contributed by atoms with van der Waals surface area (Å²) in [7, 11) is 5.55. The van der Waals surface area contributed by atoms with Gasteiger partial charge in [0, 0.05) is 40.4 Å². The van der Waals surface area contributed by atoms with Crippen molar-refractivity contribution in [3.05, 3.63) is 11.7 Å². The van der Waals surface area contributed by atoms with Crippen LogP contribution in [0.5, 0.6) is 0 Å². The highest BCUT2D eigenvalue weighted by atomic mass is 16.5. The second-order valence-electron chi connectivity index (χ2n) is 4.74. The number of ether oxygens (including phenoxy) is 1. The molecular formula is C13H26N6O2. The molecule has 0 bridgehead atoms. The van der Waals surface area contributed by atoms with E-state index in [0.29, 0.717) is 18.3 Å². The second kappa shape index (κ2) is 10.1. The number of nitrogens with one attached hydrogen (secondary N) is 2. The molecule has 8 nitrogen and oxygen atoms in total. The van der Waals surface area contributed by atoms with E-state index in [4.69, 9.17) is 9.26 Å². The summed E-state index contributed by atoms with van der Waals surface area (Å²) in [5.74, 6) is 1.90. The van der Waals surface area contributed by atoms with Crippen LogP contribution in [0.2, 0.25) is 0 Å². The fourth-order valence-corrected chi connectivity index (χ4v) is 1.75. The number of nitrogens with zero attached hydrogens (tertiary/aromatic N) is 4. The van der Waals surface area contributed by atoms with E-state index in [9.17, 15) is 0 Å². The second-order valence-corrected chi connectivity index (χ2v) is 4.74. The molecule has 1 rings (SSSR count). The number of methoxy groups -OCH3 is 1. The van der Waals surface area contributed by atoms with Crippen LogP contribution in [0.1, 0.15) is 18.1 Å². The summed E-state index contributed by atoms with van der Waals surface area (Å²) in [6, 6.07) is 0. The SMILES string of the molecule is CN=C(NCCN(C)CCCOC)NCc1nc(C)no1. The molecule has 2 N–H and O–H groups in total. The monoisotopic (exact) mass is 298 g/mol. The van der Waals surface area contributed by atoms with Crippen LogP contribution in [-0.4, -0.2) is 68.4 Å². The summed E-state index contributed by atoms with van der Waals surface area (Å²) in [5.41, 5.74) is 0. The number of hydrogen-bond donors (Lipinski definition) is 2. The number of aryl methyl sites for hydroxylation is 1. The predicted octanol–water partition coefficient (Wildman–Crippen LogP) is 0.0113. The molecule has 0 aliphatic rings. The van der Waals surface area contributed by atoms with Crippen molar-refractivity contribution in [1.82, 2.24) is 25.7 Å². The highest BCUT2D eigenvalue weighted by Gasteiger charge is 2.04. The summed E-state index contributed by atoms with van der Waals surface area (Å²) < 4.78 is 10.1. The Morgan fingerprint density at radius 3 is 2.81 bits per heavy atom. The van der Waals surface area contributed by atoms with Gasteiger partial charge in [-0.2, -0.15) is 4.98 Å². The Morgan fingerprint density at radius 1 is 1.38 bits per heavy atom. The van der Waals surface area contributed by atoms with Crippen LogP contribution in [-0.2, 0) is 11.3 Å². The summed E-state index contributed by atoms with van der Waals surface area (Å²) in [6.45, 7) is 5.81. The molecule has 8 heteroatoms. The third-order valence-corrected chi connectivity index (χ3v) is 2.87. The maximum Gasteiger partial charge on any atom is 0.246 e. The van der Waals surface area contributed by atoms with Crippen LogP contribution < -0.4 is 10.6 Å². The Bertz CT molecular complexity index is 421. The van der Waals surface area contributed by atoms with Gasteiger partial charge in [-0.3, -0.25) is 4.99 Å². The molecule has 0 aromatic carbocycles. The van der Waals surface area contributed by atoms with E-state index in [-0.39, 0.29) is 0 Å². The van der Waals surface area contributed by atoms with E-state index in [1.54, 1.807) is 21.1 Å². The van der Waals surface area contributed by atoms with Gasteiger partial charge in [0.05, 0.1) is 6.54 Å². The molecule has 0 saturated heterocycles. The molecular weight excluding hydrogens is 272 g/mol. The largest absolute Gasteiger partial charge is 0.385 e. The lowest BCUT2D eigenvalue weighted by atomic mass is 10.4. The number of aliphatic imine (C=N–C) groups is 1. The minimum Gasteiger partial charge on any atom is -0.385 e. The van der Waals surface area contributed by atoms with Crippen molar-refractivity contribution >= 4 is 5.96 Å². The normalized spacial score (nSPS) is 12.0. The van der Waals surface area contributed by atoms with E-state index in [1.807, 2.05) is 0 Å². The van der Waals surface area contributed by atoms with Crippen molar-refractivity contribution in [2.45, 2.75) is 19.9 Å². The van der Waals surface area contributed by atoms with Gasteiger partial charge >= 0.3 is 0 Å². The third kappa shape index (κ3) is 7.62. The molecule has 21 heavy (non-hydrogen) atoms. The van der Waals surface area contributed by atoms with E-state index in [2.05, 4.69) is 37.7 Å². The Kier molecular flexibility index (Phi) is 8.37. The third-order valence-electron chi connectivity index (χ3n) is 2.87. The lowest BCUT2D eigenvalue weighted by Gasteiger charge is -2.17. The number of hydrogen-bond acceptors (Lipinski definition) is 6. The van der Waals surface area contributed by atoms with Gasteiger partial charge in [0.2, 0.25) is 5.89 Å². The average molecular weight is 298 g/mol. The molecule has 0 unspecified atom stereocenters. The van der Waals surface area contributed by atoms with Gasteiger partial charge in [-0.15, -0.1) is 0 Å². The van der Waals surface area contributed by atoms with Crippen LogP contribution in [0.3, 0.4) is 0 Å². The summed E-state index contributed by atoms with van der Waals surface area (Å²) in [6.07, 6.45) is 1.04. The van der Waals surface area contributed by atoms with Crippen LogP contribution in [0.25, 0.3) is 0 Å². The molecule has 0 aliphatic carbocycles. The molecule has 0 atom stereocenters. The quantitative estimate of drug-likeness (QED) is 0.377. The highest BCUT2D eigenvalue weighted by molar-refractivity contribution is 5.79. The van der Waals surface area contributed by atoms with Crippen molar-refractivity contribution < 1.29 is 9.26 Å². The van der Waals surface area contributed by atoms with Crippen LogP contribution in [0.15, 0.2) is 9.52 Å². The Balaban J connectivity index is 2.16. The minimum absolute atomic E-state index is 0.462. The first-order valence-corrected chi connectivity index (χ1v) is 7.07. The van der Waals surface area contributed by atoms with Crippen LogP contribution >= 0.6 is 0 Å². The van der Waals surface area contributed by atoms with Gasteiger partial charge in [0.1, 0.15) is 0 Å². The molecule has 0 aliphatic heterocycles. The zero-order valence-electron chi connectivity index (χ0n) is 13.3. The summed E-state index contributed by atoms with van der Waals surface area (Å²) in [4.78, 5) is 10.5. The molecule has 1 heterocycles. The average Bonchev–Trinajstić information content (AvgIpc) is 2.88. The van der Waals surface area contributed by atoms with E-state index >= 15 is 0 Å². The predicted molar refractivity (Wildman–Crippen MR) is 81.2 cm³/mol. The smallest absolute Gasteiger partial charge is 0.246 e. The zero-order valence-corrected chi connectivity index (χ0v) is 13.3. The first kappa shape index (κ1) is 17.4. The Labute approximate surface area is 125 Å². The van der Waals surface area contributed by atoms with Gasteiger partial charge in [-0.25, -0.2) is 0 Å². The van der Waals surface area contributed by atoms with Crippen LogP contribution in [0, 0.1) is 6.92 Å². The Hall–Kier alpha value is -1.67. The molecule has 1 aromatic heterocycles. The van der Waals surface area contributed by atoms with Crippen molar-refractivity contribution in [1.29, 1.82) is 0 Å². The van der Waals surface area contributed by atoms with Gasteiger partial charge in [-0.05, 0) is 20.4 Å². The number of rotatable bonds is 9. The standard InChI is InChI=1S/C13H26N6O2/c1-11-17-12(21-18-11)10-16-13(14-2)15-6-8-19(3)7-5-9-20-4/h5-10H2,1-4H3,(H2,14,15,16). The topological polar surface area (TPSA) is 87.8 Å². The number of aromatic nitrogens is 2. The molecule has 0 radical (unpaired) electrons. The number of guanidine groups is 1. The van der Waals surface area contributed by atoms with Gasteiger partial charge in [0.25, 0.3) is 0 Å². The summed E-state index contributed by atoms with van der Waals surface area (Å²) in [5, 5.41) is 10.1. The summed E-state index contributed by atoms with van der Waals surface area (Å²) >= 11 is 0. The fraction of sp³-hybridized carbons (Fsp3) is 0.769. The van der Waals surface area contributed by atoms with Crippen LogP contribution in [0.4, 0.5) is 0 Å². The van der Waals surface area contributed by atoms with Gasteiger partial charge in [0.15, 0.2) is 11.8 Å². The first-order chi connectivity index (χ1) is 10.2. The van der Waals surface area contributed by atoms with Crippen molar-refractivity contribution in [2.24, 2.45) is 4.99 Å². The molecule has 1 aromatic rings. The molecule has 120 valence electrons. The maximum absolute atomic E-state index is 5.04. The lowest BCUT2D eigenvalue weighted by Crippen LogP contribution is -2.40. The van der Waals surface area contributed by atoms with Gasteiger partial charge in [-0.1, -0.05) is 5.16 Å². The fourth-order valence-electron chi connectivity index (χ4n) is 1.75. The minimum atomic E-state index is 0.462. The van der Waals surface area contributed by atoms with E-state index in [0.717, 1.165) is 38.6 Å². The van der Waals surface area contributed by atoms with Crippen molar-refractivity contribution in [3.63, 3.8) is 0 Å². The maximum atomic E-state index is 5.04. The van der Waals surface area contributed by atoms with Crippen molar-refractivity contribution in [3.8, 4) is 0 Å². The van der Waals surface area contributed by atoms with Crippen molar-refractivity contribution in [2.75, 3.05) is 47.4 Å². The molecule has 0 saturated carbocycles. The lowest BCUT2D eigenvalue weighted by molar-refractivity contribution is 0.180. The first-order valence-electron chi connectivity index (χ1n) is 7.07. The molecule has 0 fully saturated rings. The molecule has 0 spiro atoms. The molecule has 0 amide bonds. The Morgan fingerprint density at radius 2 is 2.19 bits per heavy atom. The van der Waals surface area contributed by atoms with E-state index in [1.165, 1.54) is 0 Å². The van der Waals surface area contributed by atoms with E-state index < -0.39 is 0 Å².